The highest BCUT2D eigenvalue weighted by atomic mass is 35.5. The van der Waals surface area contributed by atoms with Crippen LogP contribution in [0.15, 0.2) is 12.5 Å². The minimum absolute atomic E-state index is 0.0417. The molecule has 8 heteroatoms. The van der Waals surface area contributed by atoms with Crippen LogP contribution in [0.25, 0.3) is 11.0 Å². The maximum Gasteiger partial charge on any atom is 0.170 e. The monoisotopic (exact) mass is 381 g/mol. The number of halogens is 1. The standard InChI is InChI=1S/C17H24ClN3O3Si/c1-25(2,3)7-6-24-11-21-8-13(15(22)12-4-5-23-9-12)14-16(18)19-10-20-17(14)21/h8,10,12H,4-7,9,11H2,1-3H3. The summed E-state index contributed by atoms with van der Waals surface area (Å²) in [5.41, 5.74) is 1.19. The molecule has 1 unspecified atom stereocenters. The van der Waals surface area contributed by atoms with Gasteiger partial charge in [-0.25, -0.2) is 9.97 Å². The van der Waals surface area contributed by atoms with Gasteiger partial charge in [-0.1, -0.05) is 31.2 Å². The molecule has 1 fully saturated rings. The number of nitrogens with zero attached hydrogens (tertiary/aromatic N) is 3. The molecule has 2 aromatic heterocycles. The van der Waals surface area contributed by atoms with Crippen LogP contribution in [0.5, 0.6) is 0 Å². The summed E-state index contributed by atoms with van der Waals surface area (Å²) in [6.07, 6.45) is 3.94. The number of aromatic nitrogens is 3. The van der Waals surface area contributed by atoms with Crippen LogP contribution in [0.3, 0.4) is 0 Å². The molecule has 3 heterocycles. The lowest BCUT2D eigenvalue weighted by Crippen LogP contribution is -2.22. The average Bonchev–Trinajstić information content (AvgIpc) is 3.19. The van der Waals surface area contributed by atoms with E-state index >= 15 is 0 Å². The fourth-order valence-corrected chi connectivity index (χ4v) is 3.86. The molecule has 0 spiro atoms. The molecule has 1 atom stereocenters. The Labute approximate surface area is 153 Å². The Morgan fingerprint density at radius 2 is 2.24 bits per heavy atom. The fourth-order valence-electron chi connectivity index (χ4n) is 2.87. The molecule has 25 heavy (non-hydrogen) atoms. The van der Waals surface area contributed by atoms with Gasteiger partial charge in [0.05, 0.1) is 12.0 Å². The first kappa shape index (κ1) is 18.5. The van der Waals surface area contributed by atoms with E-state index in [-0.39, 0.29) is 11.7 Å². The first-order chi connectivity index (χ1) is 11.9. The van der Waals surface area contributed by atoms with Crippen molar-refractivity contribution in [2.75, 3.05) is 19.8 Å². The second-order valence-electron chi connectivity index (χ2n) is 7.65. The number of Topliss-reactive ketones (excluding diaryl/α,β-unsaturated/α-hetero) is 1. The van der Waals surface area contributed by atoms with Crippen LogP contribution in [0.4, 0.5) is 0 Å². The molecule has 2 aromatic rings. The molecule has 0 saturated carbocycles. The van der Waals surface area contributed by atoms with Crippen molar-refractivity contribution in [1.29, 1.82) is 0 Å². The van der Waals surface area contributed by atoms with Gasteiger partial charge in [0, 0.05) is 39.0 Å². The number of hydrogen-bond donors (Lipinski definition) is 0. The van der Waals surface area contributed by atoms with Crippen molar-refractivity contribution in [1.82, 2.24) is 14.5 Å². The second kappa shape index (κ2) is 7.53. The van der Waals surface area contributed by atoms with Gasteiger partial charge in [-0.3, -0.25) is 4.79 Å². The molecule has 0 aromatic carbocycles. The summed E-state index contributed by atoms with van der Waals surface area (Å²) in [6.45, 7) is 9.08. The Balaban J connectivity index is 1.84. The van der Waals surface area contributed by atoms with Crippen LogP contribution >= 0.6 is 11.6 Å². The normalized spacial score (nSPS) is 18.2. The van der Waals surface area contributed by atoms with E-state index in [2.05, 4.69) is 29.6 Å². The van der Waals surface area contributed by atoms with E-state index in [9.17, 15) is 4.79 Å². The molecule has 0 amide bonds. The van der Waals surface area contributed by atoms with Crippen LogP contribution in [0, 0.1) is 5.92 Å². The molecule has 3 rings (SSSR count). The van der Waals surface area contributed by atoms with E-state index in [4.69, 9.17) is 21.1 Å². The summed E-state index contributed by atoms with van der Waals surface area (Å²) in [5, 5.41) is 0.906. The number of rotatable bonds is 7. The fraction of sp³-hybridized carbons (Fsp3) is 0.588. The molecular weight excluding hydrogens is 358 g/mol. The number of carbonyl (C=O) groups is 1. The molecule has 0 aliphatic carbocycles. The Morgan fingerprint density at radius 3 is 2.92 bits per heavy atom. The number of fused-ring (bicyclic) bond motifs is 1. The molecule has 1 aliphatic heterocycles. The van der Waals surface area contributed by atoms with E-state index in [0.717, 1.165) is 12.5 Å². The van der Waals surface area contributed by atoms with E-state index in [0.29, 0.717) is 48.3 Å². The summed E-state index contributed by atoms with van der Waals surface area (Å²) < 4.78 is 13.0. The number of carbonyl (C=O) groups excluding carboxylic acids is 1. The summed E-state index contributed by atoms with van der Waals surface area (Å²) in [4.78, 5) is 21.2. The Kier molecular flexibility index (Phi) is 5.58. The van der Waals surface area contributed by atoms with Crippen molar-refractivity contribution in [3.05, 3.63) is 23.2 Å². The summed E-state index contributed by atoms with van der Waals surface area (Å²) in [6, 6.07) is 1.09. The Bertz CT molecular complexity index is 766. The van der Waals surface area contributed by atoms with Crippen LogP contribution < -0.4 is 0 Å². The quantitative estimate of drug-likeness (QED) is 0.317. The van der Waals surface area contributed by atoms with Gasteiger partial charge in [-0.2, -0.15) is 0 Å². The average molecular weight is 382 g/mol. The van der Waals surface area contributed by atoms with Gasteiger partial charge < -0.3 is 14.0 Å². The van der Waals surface area contributed by atoms with Gasteiger partial charge in [-0.15, -0.1) is 0 Å². The molecule has 1 aliphatic rings. The lowest BCUT2D eigenvalue weighted by molar-refractivity contribution is 0.0879. The minimum atomic E-state index is -1.14. The van der Waals surface area contributed by atoms with Gasteiger partial charge in [0.25, 0.3) is 0 Å². The summed E-state index contributed by atoms with van der Waals surface area (Å²) >= 11 is 6.26. The highest BCUT2D eigenvalue weighted by Gasteiger charge is 2.28. The molecular formula is C17H24ClN3O3Si. The molecule has 0 N–H and O–H groups in total. The van der Waals surface area contributed by atoms with Crippen molar-refractivity contribution >= 4 is 36.5 Å². The van der Waals surface area contributed by atoms with E-state index in [1.165, 1.54) is 6.33 Å². The van der Waals surface area contributed by atoms with Gasteiger partial charge in [0.15, 0.2) is 5.78 Å². The second-order valence-corrected chi connectivity index (χ2v) is 13.6. The Hall–Kier alpha value is -1.28. The van der Waals surface area contributed by atoms with Gasteiger partial charge in [0.2, 0.25) is 0 Å². The largest absolute Gasteiger partial charge is 0.381 e. The SMILES string of the molecule is C[Si](C)(C)CCOCn1cc(C(=O)C2CCOC2)c2c(Cl)ncnc21. The van der Waals surface area contributed by atoms with Crippen molar-refractivity contribution in [2.24, 2.45) is 5.92 Å². The maximum atomic E-state index is 12.8. The van der Waals surface area contributed by atoms with E-state index in [1.54, 1.807) is 6.20 Å². The molecule has 0 radical (unpaired) electrons. The zero-order valence-corrected chi connectivity index (χ0v) is 16.7. The first-order valence-electron chi connectivity index (χ1n) is 8.56. The summed E-state index contributed by atoms with van der Waals surface area (Å²) in [7, 11) is -1.14. The van der Waals surface area contributed by atoms with Gasteiger partial charge >= 0.3 is 0 Å². The smallest absolute Gasteiger partial charge is 0.170 e. The van der Waals surface area contributed by atoms with Crippen LogP contribution in [0.2, 0.25) is 30.8 Å². The third-order valence-electron chi connectivity index (χ3n) is 4.40. The van der Waals surface area contributed by atoms with Crippen LogP contribution in [-0.4, -0.2) is 48.2 Å². The van der Waals surface area contributed by atoms with E-state index < -0.39 is 8.07 Å². The first-order valence-corrected chi connectivity index (χ1v) is 12.6. The number of hydrogen-bond acceptors (Lipinski definition) is 5. The van der Waals surface area contributed by atoms with Gasteiger partial charge in [0.1, 0.15) is 23.9 Å². The molecule has 136 valence electrons. The zero-order valence-electron chi connectivity index (χ0n) is 14.9. The molecule has 0 bridgehead atoms. The predicted octanol–water partition coefficient (Wildman–Crippen LogP) is 3.62. The van der Waals surface area contributed by atoms with Crippen molar-refractivity contribution < 1.29 is 14.3 Å². The number of ether oxygens (including phenoxy) is 2. The van der Waals surface area contributed by atoms with E-state index in [1.807, 2.05) is 4.57 Å². The van der Waals surface area contributed by atoms with Crippen LogP contribution in [-0.2, 0) is 16.2 Å². The zero-order chi connectivity index (χ0) is 18.0. The Morgan fingerprint density at radius 1 is 1.44 bits per heavy atom. The predicted molar refractivity (Wildman–Crippen MR) is 99.9 cm³/mol. The van der Waals surface area contributed by atoms with Crippen molar-refractivity contribution in [3.8, 4) is 0 Å². The number of ketones is 1. The highest BCUT2D eigenvalue weighted by molar-refractivity contribution is 6.76. The minimum Gasteiger partial charge on any atom is -0.381 e. The molecule has 6 nitrogen and oxygen atoms in total. The third-order valence-corrected chi connectivity index (χ3v) is 6.39. The topological polar surface area (TPSA) is 66.2 Å². The maximum absolute atomic E-state index is 12.8. The van der Waals surface area contributed by atoms with Gasteiger partial charge in [-0.05, 0) is 12.5 Å². The van der Waals surface area contributed by atoms with Crippen LogP contribution in [0.1, 0.15) is 16.8 Å². The van der Waals surface area contributed by atoms with Crippen molar-refractivity contribution in [2.45, 2.75) is 38.8 Å². The lowest BCUT2D eigenvalue weighted by Gasteiger charge is -2.15. The summed E-state index contributed by atoms with van der Waals surface area (Å²) in [5.74, 6) is -0.0804. The molecule has 1 saturated heterocycles. The lowest BCUT2D eigenvalue weighted by atomic mass is 9.97. The highest BCUT2D eigenvalue weighted by Crippen LogP contribution is 2.29. The van der Waals surface area contributed by atoms with Crippen molar-refractivity contribution in [3.63, 3.8) is 0 Å². The third kappa shape index (κ3) is 4.28.